The van der Waals surface area contributed by atoms with Crippen molar-refractivity contribution in [1.82, 2.24) is 10.3 Å². The molecule has 0 fully saturated rings. The van der Waals surface area contributed by atoms with Gasteiger partial charge in [0.1, 0.15) is 0 Å². The highest BCUT2D eigenvalue weighted by molar-refractivity contribution is 7.09. The van der Waals surface area contributed by atoms with E-state index in [9.17, 15) is 0 Å². The second kappa shape index (κ2) is 6.12. The zero-order chi connectivity index (χ0) is 13.0. The largest absolute Gasteiger partial charge is 0.312 e. The van der Waals surface area contributed by atoms with Gasteiger partial charge in [-0.05, 0) is 25.0 Å². The minimum absolute atomic E-state index is 0.482. The predicted octanol–water partition coefficient (Wildman–Crippen LogP) is 3.65. The van der Waals surface area contributed by atoms with E-state index in [0.717, 1.165) is 13.1 Å². The van der Waals surface area contributed by atoms with E-state index in [4.69, 9.17) is 0 Å². The molecule has 0 spiro atoms. The van der Waals surface area contributed by atoms with Gasteiger partial charge in [-0.15, -0.1) is 11.3 Å². The zero-order valence-corrected chi connectivity index (χ0v) is 12.1. The van der Waals surface area contributed by atoms with E-state index in [0.29, 0.717) is 5.92 Å². The fraction of sp³-hybridized carbons (Fsp3) is 0.400. The van der Waals surface area contributed by atoms with Crippen molar-refractivity contribution in [3.8, 4) is 0 Å². The number of hydrogen-bond donors (Lipinski definition) is 1. The van der Waals surface area contributed by atoms with Crippen LogP contribution in [0.2, 0.25) is 0 Å². The standard InChI is InChI=1S/C15H20N2S/c1-11-4-5-14(12(2)8-11)10-16-9-13(3)15-17-6-7-18-15/h4-8,13,16H,9-10H2,1-3H3. The lowest BCUT2D eigenvalue weighted by Crippen LogP contribution is -2.20. The van der Waals surface area contributed by atoms with Gasteiger partial charge in [-0.3, -0.25) is 0 Å². The molecule has 1 aromatic carbocycles. The van der Waals surface area contributed by atoms with Gasteiger partial charge >= 0.3 is 0 Å². The molecule has 0 saturated carbocycles. The molecular formula is C15H20N2S. The fourth-order valence-corrected chi connectivity index (χ4v) is 2.73. The van der Waals surface area contributed by atoms with E-state index in [1.165, 1.54) is 21.7 Å². The molecule has 2 aromatic rings. The Labute approximate surface area is 113 Å². The molecule has 18 heavy (non-hydrogen) atoms. The van der Waals surface area contributed by atoms with Crippen LogP contribution in [0, 0.1) is 13.8 Å². The van der Waals surface area contributed by atoms with Crippen molar-refractivity contribution >= 4 is 11.3 Å². The lowest BCUT2D eigenvalue weighted by Gasteiger charge is -2.12. The Balaban J connectivity index is 1.85. The number of aryl methyl sites for hydroxylation is 2. The molecule has 3 heteroatoms. The van der Waals surface area contributed by atoms with Gasteiger partial charge in [0.05, 0.1) is 5.01 Å². The third-order valence-corrected chi connectivity index (χ3v) is 4.14. The zero-order valence-electron chi connectivity index (χ0n) is 11.2. The number of thiazole rings is 1. The molecule has 0 aliphatic rings. The summed E-state index contributed by atoms with van der Waals surface area (Å²) in [6, 6.07) is 6.63. The Morgan fingerprint density at radius 3 is 2.83 bits per heavy atom. The van der Waals surface area contributed by atoms with Crippen molar-refractivity contribution in [3.05, 3.63) is 51.5 Å². The molecule has 1 aromatic heterocycles. The molecule has 2 nitrogen and oxygen atoms in total. The SMILES string of the molecule is Cc1ccc(CNCC(C)c2nccs2)c(C)c1. The van der Waals surface area contributed by atoms with Crippen molar-refractivity contribution in [1.29, 1.82) is 0 Å². The minimum Gasteiger partial charge on any atom is -0.312 e. The van der Waals surface area contributed by atoms with E-state index in [-0.39, 0.29) is 0 Å². The molecule has 0 bridgehead atoms. The fourth-order valence-electron chi connectivity index (χ4n) is 2.03. The Hall–Kier alpha value is -1.19. The molecule has 0 saturated heterocycles. The maximum absolute atomic E-state index is 4.35. The third kappa shape index (κ3) is 3.40. The van der Waals surface area contributed by atoms with Crippen molar-refractivity contribution in [2.45, 2.75) is 33.2 Å². The Kier molecular flexibility index (Phi) is 4.50. The second-order valence-corrected chi connectivity index (χ2v) is 5.76. The number of rotatable bonds is 5. The normalized spacial score (nSPS) is 12.6. The average molecular weight is 260 g/mol. The number of hydrogen-bond acceptors (Lipinski definition) is 3. The molecule has 0 amide bonds. The molecule has 1 unspecified atom stereocenters. The van der Waals surface area contributed by atoms with Gasteiger partial charge in [-0.2, -0.15) is 0 Å². The number of aromatic nitrogens is 1. The molecule has 0 aliphatic heterocycles. The molecule has 96 valence electrons. The van der Waals surface area contributed by atoms with Crippen molar-refractivity contribution in [2.75, 3.05) is 6.54 Å². The van der Waals surface area contributed by atoms with Crippen molar-refractivity contribution in [2.24, 2.45) is 0 Å². The summed E-state index contributed by atoms with van der Waals surface area (Å²) in [5.74, 6) is 0.482. The summed E-state index contributed by atoms with van der Waals surface area (Å²) in [6.45, 7) is 8.43. The average Bonchev–Trinajstić information content (AvgIpc) is 2.85. The van der Waals surface area contributed by atoms with Crippen LogP contribution in [0.15, 0.2) is 29.8 Å². The summed E-state index contributed by atoms with van der Waals surface area (Å²) in [5.41, 5.74) is 4.07. The van der Waals surface area contributed by atoms with Gasteiger partial charge in [0, 0.05) is 30.6 Å². The Morgan fingerprint density at radius 2 is 2.17 bits per heavy atom. The van der Waals surface area contributed by atoms with Gasteiger partial charge < -0.3 is 5.32 Å². The molecular weight excluding hydrogens is 240 g/mol. The van der Waals surface area contributed by atoms with Crippen LogP contribution in [-0.4, -0.2) is 11.5 Å². The van der Waals surface area contributed by atoms with Gasteiger partial charge in [0.15, 0.2) is 0 Å². The molecule has 1 N–H and O–H groups in total. The predicted molar refractivity (Wildman–Crippen MR) is 78.2 cm³/mol. The van der Waals surface area contributed by atoms with E-state index < -0.39 is 0 Å². The van der Waals surface area contributed by atoms with Crippen molar-refractivity contribution < 1.29 is 0 Å². The van der Waals surface area contributed by atoms with Crippen LogP contribution in [-0.2, 0) is 6.54 Å². The molecule has 2 rings (SSSR count). The maximum atomic E-state index is 4.35. The molecule has 1 heterocycles. The number of nitrogens with one attached hydrogen (secondary N) is 1. The first-order chi connectivity index (χ1) is 8.66. The van der Waals surface area contributed by atoms with Crippen LogP contribution in [0.5, 0.6) is 0 Å². The van der Waals surface area contributed by atoms with Gasteiger partial charge in [-0.1, -0.05) is 30.7 Å². The first-order valence-electron chi connectivity index (χ1n) is 6.33. The summed E-state index contributed by atoms with van der Waals surface area (Å²) in [4.78, 5) is 4.35. The van der Waals surface area contributed by atoms with E-state index >= 15 is 0 Å². The van der Waals surface area contributed by atoms with Crippen LogP contribution in [0.3, 0.4) is 0 Å². The highest BCUT2D eigenvalue weighted by Gasteiger charge is 2.07. The Bertz CT molecular complexity index is 491. The minimum atomic E-state index is 0.482. The highest BCUT2D eigenvalue weighted by Crippen LogP contribution is 2.17. The van der Waals surface area contributed by atoms with Gasteiger partial charge in [0.2, 0.25) is 0 Å². The highest BCUT2D eigenvalue weighted by atomic mass is 32.1. The van der Waals surface area contributed by atoms with E-state index in [1.54, 1.807) is 11.3 Å². The van der Waals surface area contributed by atoms with Crippen LogP contribution in [0.25, 0.3) is 0 Å². The number of benzene rings is 1. The first-order valence-corrected chi connectivity index (χ1v) is 7.21. The van der Waals surface area contributed by atoms with Crippen LogP contribution < -0.4 is 5.32 Å². The van der Waals surface area contributed by atoms with Crippen molar-refractivity contribution in [3.63, 3.8) is 0 Å². The van der Waals surface area contributed by atoms with Gasteiger partial charge in [-0.25, -0.2) is 4.98 Å². The number of nitrogens with zero attached hydrogens (tertiary/aromatic N) is 1. The third-order valence-electron chi connectivity index (χ3n) is 3.14. The van der Waals surface area contributed by atoms with E-state index in [1.807, 2.05) is 11.6 Å². The quantitative estimate of drug-likeness (QED) is 0.887. The summed E-state index contributed by atoms with van der Waals surface area (Å²) in [7, 11) is 0. The maximum Gasteiger partial charge on any atom is 0.0965 e. The summed E-state index contributed by atoms with van der Waals surface area (Å²) in [5, 5.41) is 6.77. The lowest BCUT2D eigenvalue weighted by molar-refractivity contribution is 0.611. The summed E-state index contributed by atoms with van der Waals surface area (Å²) >= 11 is 1.73. The van der Waals surface area contributed by atoms with Crippen LogP contribution >= 0.6 is 11.3 Å². The monoisotopic (exact) mass is 260 g/mol. The summed E-state index contributed by atoms with van der Waals surface area (Å²) < 4.78 is 0. The first kappa shape index (κ1) is 13.2. The second-order valence-electron chi connectivity index (χ2n) is 4.83. The Morgan fingerprint density at radius 1 is 1.33 bits per heavy atom. The van der Waals surface area contributed by atoms with E-state index in [2.05, 4.69) is 49.3 Å². The molecule has 0 radical (unpaired) electrons. The van der Waals surface area contributed by atoms with Crippen LogP contribution in [0.4, 0.5) is 0 Å². The topological polar surface area (TPSA) is 24.9 Å². The molecule has 0 aliphatic carbocycles. The smallest absolute Gasteiger partial charge is 0.0965 e. The lowest BCUT2D eigenvalue weighted by atomic mass is 10.1. The molecule has 1 atom stereocenters. The van der Waals surface area contributed by atoms with Crippen LogP contribution in [0.1, 0.15) is 34.5 Å². The summed E-state index contributed by atoms with van der Waals surface area (Å²) in [6.07, 6.45) is 1.88. The van der Waals surface area contributed by atoms with Gasteiger partial charge in [0.25, 0.3) is 0 Å².